The first-order chi connectivity index (χ1) is 29.2. The van der Waals surface area contributed by atoms with Crippen molar-refractivity contribution in [2.24, 2.45) is 62.6 Å². The summed E-state index contributed by atoms with van der Waals surface area (Å²) in [5.74, 6) is 3.30. The number of ether oxygens (including phenoxy) is 5. The van der Waals surface area contributed by atoms with Gasteiger partial charge < -0.3 is 29.0 Å². The number of fused-ring (bicyclic) bond motifs is 7. The van der Waals surface area contributed by atoms with E-state index in [0.717, 1.165) is 45.1 Å². The Kier molecular flexibility index (Phi) is 14.6. The first-order valence-corrected chi connectivity index (χ1v) is 26.8. The molecule has 7 fully saturated rings. The average molecular weight is 889 g/mol. The van der Waals surface area contributed by atoms with Crippen LogP contribution in [0.4, 0.5) is 0 Å². The van der Waals surface area contributed by atoms with Crippen molar-refractivity contribution in [1.82, 2.24) is 10.2 Å². The van der Waals surface area contributed by atoms with Crippen LogP contribution in [0.2, 0.25) is 0 Å². The molecule has 0 amide bonds. The largest absolute Gasteiger partial charge is 0.462 e. The van der Waals surface area contributed by atoms with Crippen LogP contribution < -0.4 is 5.32 Å². The first kappa shape index (κ1) is 48.8. The maximum Gasteiger partial charge on any atom is 0.309 e. The van der Waals surface area contributed by atoms with Crippen LogP contribution in [0.25, 0.3) is 0 Å². The van der Waals surface area contributed by atoms with Gasteiger partial charge in [0, 0.05) is 43.7 Å². The highest BCUT2D eigenvalue weighted by Crippen LogP contribution is 2.76. The Morgan fingerprint density at radius 3 is 2.08 bits per heavy atom. The molecule has 11 heteroatoms. The molecule has 7 aliphatic rings. The zero-order valence-electron chi connectivity index (χ0n) is 40.8. The van der Waals surface area contributed by atoms with Crippen molar-refractivity contribution in [2.45, 2.75) is 163 Å². The van der Waals surface area contributed by atoms with Crippen LogP contribution in [0.5, 0.6) is 0 Å². The Bertz CT molecular complexity index is 1690. The Morgan fingerprint density at radius 2 is 1.45 bits per heavy atom. The molecule has 1 saturated heterocycles. The molecule has 0 bridgehead atoms. The molecule has 13 atom stereocenters. The summed E-state index contributed by atoms with van der Waals surface area (Å²) < 4.78 is 54.6. The average Bonchev–Trinajstić information content (AvgIpc) is 3.59. The van der Waals surface area contributed by atoms with Crippen LogP contribution in [-0.2, 0) is 38.3 Å². The number of sulfone groups is 1. The molecular weight excluding hydrogens is 801 g/mol. The number of carbonyl (C=O) groups is 1. The van der Waals surface area contributed by atoms with Gasteiger partial charge >= 0.3 is 5.97 Å². The minimum atomic E-state index is -3.02. The van der Waals surface area contributed by atoms with Crippen molar-refractivity contribution < 1.29 is 36.9 Å². The third kappa shape index (κ3) is 8.91. The lowest BCUT2D eigenvalue weighted by Crippen LogP contribution is -2.69. The second kappa shape index (κ2) is 18.5. The summed E-state index contributed by atoms with van der Waals surface area (Å²) in [5, 5.41) is 4.34. The number of methoxy groups -OCH3 is 1. The summed E-state index contributed by atoms with van der Waals surface area (Å²) in [6, 6.07) is 0.0523. The molecule has 1 N–H and O–H groups in total. The molecule has 6 saturated carbocycles. The van der Waals surface area contributed by atoms with Crippen LogP contribution in [-0.4, -0.2) is 121 Å². The van der Waals surface area contributed by atoms with Gasteiger partial charge in [-0.05, 0) is 142 Å². The van der Waals surface area contributed by atoms with E-state index < -0.39 is 9.84 Å². The third-order valence-corrected chi connectivity index (χ3v) is 21.6. The van der Waals surface area contributed by atoms with Crippen LogP contribution in [0.1, 0.15) is 139 Å². The van der Waals surface area contributed by atoms with Crippen molar-refractivity contribution in [1.29, 1.82) is 0 Å². The van der Waals surface area contributed by atoms with Gasteiger partial charge in [-0.15, -0.1) is 0 Å². The van der Waals surface area contributed by atoms with Crippen molar-refractivity contribution >= 4 is 15.8 Å². The molecule has 6 aliphatic carbocycles. The zero-order chi connectivity index (χ0) is 44.9. The topological polar surface area (TPSA) is 113 Å². The molecule has 0 aromatic rings. The lowest BCUT2D eigenvalue weighted by molar-refractivity contribution is -0.248. The van der Waals surface area contributed by atoms with Crippen molar-refractivity contribution in [3.63, 3.8) is 0 Å². The van der Waals surface area contributed by atoms with Gasteiger partial charge in [0.2, 0.25) is 0 Å². The van der Waals surface area contributed by atoms with Crippen LogP contribution in [0.3, 0.4) is 0 Å². The molecule has 7 rings (SSSR count). The monoisotopic (exact) mass is 889 g/mol. The highest BCUT2D eigenvalue weighted by Gasteiger charge is 2.71. The number of esters is 1. The summed E-state index contributed by atoms with van der Waals surface area (Å²) >= 11 is 0. The lowest BCUT2D eigenvalue weighted by Gasteiger charge is -2.73. The Labute approximate surface area is 377 Å². The summed E-state index contributed by atoms with van der Waals surface area (Å²) in [6.45, 7) is 31.5. The second-order valence-corrected chi connectivity index (χ2v) is 25.9. The lowest BCUT2D eigenvalue weighted by atomic mass is 9.32. The molecule has 1 heterocycles. The molecule has 0 spiro atoms. The van der Waals surface area contributed by atoms with Gasteiger partial charge in [0.25, 0.3) is 0 Å². The number of hydrogen-bond acceptors (Lipinski definition) is 10. The predicted molar refractivity (Wildman–Crippen MR) is 247 cm³/mol. The van der Waals surface area contributed by atoms with E-state index in [0.29, 0.717) is 82.3 Å². The van der Waals surface area contributed by atoms with Gasteiger partial charge in [-0.1, -0.05) is 60.6 Å². The molecule has 0 unspecified atom stereocenters. The van der Waals surface area contributed by atoms with Gasteiger partial charge in [0.1, 0.15) is 6.10 Å². The first-order valence-electron chi connectivity index (χ1n) is 25.0. The molecule has 1 aliphatic heterocycles. The standard InChI is InChI=1S/C51H88N2O8S/c1-35(2)37-14-21-51(52-34-40(53-24-32-62(55,56)33-25-53)36(3)60-31-30-59-29-28-58-27-26-57-11)23-22-49(9)38(44(37)51)12-13-42-48(8)19-17-43(61-45(54)39-15-18-46(39,4)5)47(6,7)41(48)16-20-50(42,49)10/h36-44,52H,1,12-34H2,2-11H3/t36-,37+,38-,39-,40-,41+,42-,43+,44-,48+,49-,50-,51+/m1/s1. The maximum absolute atomic E-state index is 13.6. The molecule has 0 aromatic heterocycles. The fourth-order valence-corrected chi connectivity index (χ4v) is 17.2. The van der Waals surface area contributed by atoms with Crippen LogP contribution in [0, 0.1) is 62.6 Å². The summed E-state index contributed by atoms with van der Waals surface area (Å²) in [4.78, 5) is 15.9. The molecule has 10 nitrogen and oxygen atoms in total. The van der Waals surface area contributed by atoms with E-state index in [1.54, 1.807) is 7.11 Å². The highest BCUT2D eigenvalue weighted by atomic mass is 32.2. The second-order valence-electron chi connectivity index (χ2n) is 23.6. The number of nitrogens with one attached hydrogen (secondary N) is 1. The van der Waals surface area contributed by atoms with Gasteiger partial charge in [0.15, 0.2) is 9.84 Å². The molecule has 0 radical (unpaired) electrons. The Balaban J connectivity index is 1.06. The van der Waals surface area contributed by atoms with E-state index in [1.807, 2.05) is 0 Å². The van der Waals surface area contributed by atoms with E-state index in [9.17, 15) is 13.2 Å². The van der Waals surface area contributed by atoms with Crippen molar-refractivity contribution in [3.05, 3.63) is 12.2 Å². The summed E-state index contributed by atoms with van der Waals surface area (Å²) in [5.41, 5.74) is 2.02. The fraction of sp³-hybridized carbons (Fsp3) is 0.941. The summed E-state index contributed by atoms with van der Waals surface area (Å²) in [7, 11) is -1.35. The number of nitrogens with zero attached hydrogens (tertiary/aromatic N) is 1. The summed E-state index contributed by atoms with van der Waals surface area (Å²) in [6.07, 6.45) is 13.8. The minimum Gasteiger partial charge on any atom is -0.462 e. The van der Waals surface area contributed by atoms with E-state index >= 15 is 0 Å². The van der Waals surface area contributed by atoms with Crippen LogP contribution in [0.15, 0.2) is 12.2 Å². The van der Waals surface area contributed by atoms with E-state index in [2.05, 4.69) is 79.1 Å². The SMILES string of the molecule is C=C(C)[C@@H]1CC[C@]2(NC[C@H]([C@@H](C)OCCOCCOCCOC)N3CCS(=O)(=O)CC3)CC[C@]3(C)[C@H](CC[C@@H]4[C@@]5(C)CC[C@H](OC(=O)[C@H]6CCC6(C)C)C(C)(C)[C@@H]5CC[C@]43C)[C@@H]12. The highest BCUT2D eigenvalue weighted by molar-refractivity contribution is 7.91. The number of rotatable bonds is 18. The zero-order valence-corrected chi connectivity index (χ0v) is 41.6. The normalized spacial score (nSPS) is 41.7. The molecule has 62 heavy (non-hydrogen) atoms. The van der Waals surface area contributed by atoms with Crippen molar-refractivity contribution in [3.8, 4) is 0 Å². The van der Waals surface area contributed by atoms with E-state index in [-0.39, 0.29) is 74.3 Å². The predicted octanol–water partition coefficient (Wildman–Crippen LogP) is 8.52. The van der Waals surface area contributed by atoms with E-state index in [4.69, 9.17) is 23.7 Å². The fourth-order valence-electron chi connectivity index (χ4n) is 16.0. The maximum atomic E-state index is 13.6. The third-order valence-electron chi connectivity index (χ3n) is 20.0. The minimum absolute atomic E-state index is 0.00647. The smallest absolute Gasteiger partial charge is 0.309 e. The number of allylic oxidation sites excluding steroid dienone is 1. The Morgan fingerprint density at radius 1 is 0.774 bits per heavy atom. The van der Waals surface area contributed by atoms with Gasteiger partial charge in [0.05, 0.1) is 63.2 Å². The Hall–Kier alpha value is -1.08. The molecular formula is C51H88N2O8S. The van der Waals surface area contributed by atoms with Gasteiger partial charge in [-0.2, -0.15) is 0 Å². The van der Waals surface area contributed by atoms with Gasteiger partial charge in [-0.25, -0.2) is 8.42 Å². The van der Waals surface area contributed by atoms with Crippen molar-refractivity contribution in [2.75, 3.05) is 77.9 Å². The quantitative estimate of drug-likeness (QED) is 0.0817. The van der Waals surface area contributed by atoms with E-state index in [1.165, 1.54) is 44.1 Å². The molecule has 0 aromatic carbocycles. The van der Waals surface area contributed by atoms with Crippen LogP contribution >= 0.6 is 0 Å². The number of carbonyl (C=O) groups excluding carboxylic acids is 1. The van der Waals surface area contributed by atoms with Gasteiger partial charge in [-0.3, -0.25) is 9.69 Å². The molecule has 356 valence electrons. The number of hydrogen-bond donors (Lipinski definition) is 1.